The summed E-state index contributed by atoms with van der Waals surface area (Å²) >= 11 is 1.42. The first kappa shape index (κ1) is 16.7. The normalized spacial score (nSPS) is 17.6. The maximum absolute atomic E-state index is 12.2. The maximum Gasteiger partial charge on any atom is 0.325 e. The monoisotopic (exact) mass is 345 g/mol. The molecule has 1 saturated heterocycles. The molecule has 7 heteroatoms. The lowest BCUT2D eigenvalue weighted by Gasteiger charge is -2.32. The van der Waals surface area contributed by atoms with Gasteiger partial charge in [0, 0.05) is 18.3 Å². The summed E-state index contributed by atoms with van der Waals surface area (Å²) in [5.74, 6) is 0. The van der Waals surface area contributed by atoms with Crippen LogP contribution in [0.5, 0.6) is 0 Å². The van der Waals surface area contributed by atoms with Gasteiger partial charge in [-0.1, -0.05) is 29.0 Å². The van der Waals surface area contributed by atoms with Crippen LogP contribution in [0.1, 0.15) is 37.3 Å². The molecule has 1 aromatic heterocycles. The summed E-state index contributed by atoms with van der Waals surface area (Å²) in [6, 6.07) is 6.10. The first-order valence-electron chi connectivity index (χ1n) is 8.28. The Kier molecular flexibility index (Phi) is 4.99. The van der Waals surface area contributed by atoms with Gasteiger partial charge in [-0.25, -0.2) is 4.79 Å². The zero-order valence-corrected chi connectivity index (χ0v) is 15.1. The molecule has 0 aliphatic carbocycles. The quantitative estimate of drug-likeness (QED) is 0.875. The van der Waals surface area contributed by atoms with Gasteiger partial charge in [0.1, 0.15) is 0 Å². The zero-order chi connectivity index (χ0) is 17.1. The number of hydrogen-bond acceptors (Lipinski definition) is 5. The molecule has 1 aliphatic heterocycles. The summed E-state index contributed by atoms with van der Waals surface area (Å²) in [7, 11) is 0. The highest BCUT2D eigenvalue weighted by molar-refractivity contribution is 7.19. The molecule has 24 heavy (non-hydrogen) atoms. The third-order valence-electron chi connectivity index (χ3n) is 4.31. The maximum atomic E-state index is 12.2. The highest BCUT2D eigenvalue weighted by atomic mass is 32.1. The molecule has 1 fully saturated rings. The Hall–Kier alpha value is -2.15. The Balaban J connectivity index is 1.62. The molecule has 3 rings (SSSR count). The number of amides is 2. The molecular weight excluding hydrogens is 322 g/mol. The van der Waals surface area contributed by atoms with Crippen LogP contribution in [0.4, 0.5) is 20.7 Å². The second kappa shape index (κ2) is 7.17. The first-order chi connectivity index (χ1) is 11.5. The molecule has 0 saturated carbocycles. The van der Waals surface area contributed by atoms with Crippen molar-refractivity contribution in [2.24, 2.45) is 0 Å². The molecular formula is C17H23N5OS. The van der Waals surface area contributed by atoms with Crippen molar-refractivity contribution in [3.63, 3.8) is 0 Å². The van der Waals surface area contributed by atoms with Crippen LogP contribution in [0.3, 0.4) is 0 Å². The lowest BCUT2D eigenvalue weighted by molar-refractivity contribution is 0.262. The minimum absolute atomic E-state index is 0.295. The van der Waals surface area contributed by atoms with Gasteiger partial charge < -0.3 is 10.2 Å². The Bertz CT molecular complexity index is 730. The Morgan fingerprint density at radius 1 is 1.25 bits per heavy atom. The van der Waals surface area contributed by atoms with Crippen LogP contribution in [-0.4, -0.2) is 28.8 Å². The van der Waals surface area contributed by atoms with Crippen molar-refractivity contribution in [2.45, 2.75) is 46.1 Å². The largest absolute Gasteiger partial charge is 0.344 e. The molecule has 2 heterocycles. The van der Waals surface area contributed by atoms with Gasteiger partial charge in [0.05, 0.1) is 0 Å². The molecule has 1 aromatic carbocycles. The number of hydrogen-bond donors (Lipinski definition) is 2. The topological polar surface area (TPSA) is 70.1 Å². The van der Waals surface area contributed by atoms with E-state index < -0.39 is 0 Å². The van der Waals surface area contributed by atoms with E-state index in [1.165, 1.54) is 36.2 Å². The Labute approximate surface area is 146 Å². The van der Waals surface area contributed by atoms with Crippen molar-refractivity contribution in [2.75, 3.05) is 22.1 Å². The summed E-state index contributed by atoms with van der Waals surface area (Å²) in [4.78, 5) is 14.4. The van der Waals surface area contributed by atoms with Crippen LogP contribution >= 0.6 is 11.3 Å². The van der Waals surface area contributed by atoms with E-state index in [9.17, 15) is 4.79 Å². The Morgan fingerprint density at radius 3 is 2.83 bits per heavy atom. The van der Waals surface area contributed by atoms with Crippen LogP contribution in [-0.2, 0) is 0 Å². The van der Waals surface area contributed by atoms with Crippen molar-refractivity contribution in [1.29, 1.82) is 0 Å². The summed E-state index contributed by atoms with van der Waals surface area (Å²) in [5, 5.41) is 15.4. The molecule has 1 aliphatic rings. The van der Waals surface area contributed by atoms with Gasteiger partial charge in [0.15, 0.2) is 0 Å². The predicted molar refractivity (Wildman–Crippen MR) is 99.1 cm³/mol. The number of aromatic nitrogens is 2. The fraction of sp³-hybridized carbons (Fsp3) is 0.471. The molecule has 2 aromatic rings. The molecule has 2 amide bonds. The number of aryl methyl sites for hydroxylation is 2. The van der Waals surface area contributed by atoms with Gasteiger partial charge >= 0.3 is 6.03 Å². The molecule has 6 nitrogen and oxygen atoms in total. The van der Waals surface area contributed by atoms with E-state index in [0.717, 1.165) is 22.9 Å². The number of benzene rings is 1. The third-order valence-corrected chi connectivity index (χ3v) is 5.19. The number of urea groups is 1. The van der Waals surface area contributed by atoms with Gasteiger partial charge in [-0.05, 0) is 51.7 Å². The highest BCUT2D eigenvalue weighted by Crippen LogP contribution is 2.29. The smallest absolute Gasteiger partial charge is 0.325 e. The molecule has 0 bridgehead atoms. The number of nitrogens with one attached hydrogen (secondary N) is 2. The lowest BCUT2D eigenvalue weighted by Crippen LogP contribution is -2.37. The highest BCUT2D eigenvalue weighted by Gasteiger charge is 2.22. The molecule has 2 N–H and O–H groups in total. The van der Waals surface area contributed by atoms with Gasteiger partial charge in [-0.2, -0.15) is 0 Å². The number of carbonyl (C=O) groups excluding carboxylic acids is 1. The van der Waals surface area contributed by atoms with Gasteiger partial charge in [-0.15, -0.1) is 10.2 Å². The molecule has 128 valence electrons. The van der Waals surface area contributed by atoms with Crippen LogP contribution in [0.25, 0.3) is 0 Å². The van der Waals surface area contributed by atoms with Crippen LogP contribution in [0.15, 0.2) is 18.2 Å². The van der Waals surface area contributed by atoms with Crippen LogP contribution < -0.4 is 15.5 Å². The molecule has 0 spiro atoms. The number of anilines is 3. The zero-order valence-electron chi connectivity index (χ0n) is 14.3. The number of piperidine rings is 1. The van der Waals surface area contributed by atoms with Crippen molar-refractivity contribution >= 4 is 33.3 Å². The number of rotatable bonds is 3. The third kappa shape index (κ3) is 3.84. The molecule has 0 radical (unpaired) electrons. The summed E-state index contributed by atoms with van der Waals surface area (Å²) in [5.41, 5.74) is 3.00. The first-order valence-corrected chi connectivity index (χ1v) is 9.10. The van der Waals surface area contributed by atoms with E-state index in [2.05, 4.69) is 32.7 Å². The lowest BCUT2D eigenvalue weighted by atomic mass is 10.1. The van der Waals surface area contributed by atoms with Gasteiger partial charge in [0.2, 0.25) is 10.3 Å². The average Bonchev–Trinajstić information content (AvgIpc) is 2.99. The van der Waals surface area contributed by atoms with Crippen molar-refractivity contribution in [3.05, 3.63) is 29.3 Å². The average molecular weight is 345 g/mol. The SMILES string of the molecule is Cc1ccc(NC(=O)Nc2nnc(N3CCCC[C@H]3C)s2)c(C)c1. The van der Waals surface area contributed by atoms with E-state index in [4.69, 9.17) is 0 Å². The number of carbonyl (C=O) groups is 1. The minimum Gasteiger partial charge on any atom is -0.344 e. The minimum atomic E-state index is -0.295. The molecule has 0 unspecified atom stereocenters. The second-order valence-electron chi connectivity index (χ2n) is 6.33. The van der Waals surface area contributed by atoms with E-state index in [1.807, 2.05) is 32.0 Å². The van der Waals surface area contributed by atoms with E-state index in [1.54, 1.807) is 0 Å². The van der Waals surface area contributed by atoms with Crippen molar-refractivity contribution in [3.8, 4) is 0 Å². The van der Waals surface area contributed by atoms with Gasteiger partial charge in [0.25, 0.3) is 0 Å². The number of nitrogens with zero attached hydrogens (tertiary/aromatic N) is 3. The van der Waals surface area contributed by atoms with Crippen LogP contribution in [0.2, 0.25) is 0 Å². The van der Waals surface area contributed by atoms with Crippen LogP contribution in [0, 0.1) is 13.8 Å². The summed E-state index contributed by atoms with van der Waals surface area (Å²) in [6.45, 7) is 7.22. The Morgan fingerprint density at radius 2 is 2.08 bits per heavy atom. The second-order valence-corrected chi connectivity index (χ2v) is 7.28. The predicted octanol–water partition coefficient (Wildman–Crippen LogP) is 4.18. The van der Waals surface area contributed by atoms with E-state index in [0.29, 0.717) is 11.2 Å². The van der Waals surface area contributed by atoms with E-state index in [-0.39, 0.29) is 6.03 Å². The van der Waals surface area contributed by atoms with E-state index >= 15 is 0 Å². The van der Waals surface area contributed by atoms with Crippen molar-refractivity contribution in [1.82, 2.24) is 10.2 Å². The standard InChI is InChI=1S/C17H23N5OS/c1-11-7-8-14(12(2)10-11)18-15(23)19-16-20-21-17(24-16)22-9-5-4-6-13(22)3/h7-8,10,13H,4-6,9H2,1-3H3,(H2,18,19,20,23)/t13-/m1/s1. The van der Waals surface area contributed by atoms with Gasteiger partial charge in [-0.3, -0.25) is 5.32 Å². The molecule has 1 atom stereocenters. The van der Waals surface area contributed by atoms with Crippen molar-refractivity contribution < 1.29 is 4.79 Å². The fourth-order valence-corrected chi connectivity index (χ4v) is 3.84. The summed E-state index contributed by atoms with van der Waals surface area (Å²) in [6.07, 6.45) is 3.62. The fourth-order valence-electron chi connectivity index (χ4n) is 2.97. The summed E-state index contributed by atoms with van der Waals surface area (Å²) < 4.78 is 0.